The Bertz CT molecular complexity index is 695. The van der Waals surface area contributed by atoms with Gasteiger partial charge in [0.25, 0.3) is 0 Å². The minimum Gasteiger partial charge on any atom is -0.459 e. The number of nitrogens with two attached hydrogens (primary N) is 1. The summed E-state index contributed by atoms with van der Waals surface area (Å²) in [4.78, 5) is 4.23. The summed E-state index contributed by atoms with van der Waals surface area (Å²) in [6.07, 6.45) is 1.72. The Morgan fingerprint density at radius 2 is 2.10 bits per heavy atom. The van der Waals surface area contributed by atoms with Gasteiger partial charge in [-0.2, -0.15) is 0 Å². The molecule has 3 nitrogen and oxygen atoms in total. The maximum absolute atomic E-state index is 6.17. The average molecular weight is 305 g/mol. The molecule has 1 unspecified atom stereocenters. The third-order valence-corrected chi connectivity index (χ3v) is 4.48. The molecular formula is C15H13ClN2OS. The van der Waals surface area contributed by atoms with E-state index in [4.69, 9.17) is 21.8 Å². The molecular weight excluding hydrogens is 292 g/mol. The molecule has 2 N–H and O–H groups in total. The standard InChI is InChI=1S/C15H13ClN2OS/c16-11-5-3-7-18-15(11)20-9-12(17)14-8-10-4-1-2-6-13(10)19-14/h1-8,12H,9,17H2. The van der Waals surface area contributed by atoms with Crippen molar-refractivity contribution < 1.29 is 4.42 Å². The van der Waals surface area contributed by atoms with E-state index in [1.54, 1.807) is 6.20 Å². The zero-order valence-electron chi connectivity index (χ0n) is 10.6. The molecule has 5 heteroatoms. The third-order valence-electron chi connectivity index (χ3n) is 2.93. The molecule has 0 spiro atoms. The van der Waals surface area contributed by atoms with Gasteiger partial charge in [-0.3, -0.25) is 0 Å². The van der Waals surface area contributed by atoms with Crippen LogP contribution in [-0.4, -0.2) is 10.7 Å². The van der Waals surface area contributed by atoms with Crippen LogP contribution in [0.5, 0.6) is 0 Å². The zero-order chi connectivity index (χ0) is 13.9. The van der Waals surface area contributed by atoms with Gasteiger partial charge in [0, 0.05) is 17.3 Å². The summed E-state index contributed by atoms with van der Waals surface area (Å²) in [6.45, 7) is 0. The van der Waals surface area contributed by atoms with Crippen LogP contribution in [0.3, 0.4) is 0 Å². The topological polar surface area (TPSA) is 52.0 Å². The van der Waals surface area contributed by atoms with E-state index in [0.717, 1.165) is 21.8 Å². The summed E-state index contributed by atoms with van der Waals surface area (Å²) in [7, 11) is 0. The minimum atomic E-state index is -0.189. The first kappa shape index (κ1) is 13.5. The summed E-state index contributed by atoms with van der Waals surface area (Å²) in [5.74, 6) is 1.45. The molecule has 3 rings (SSSR count). The Kier molecular flexibility index (Phi) is 3.96. The molecule has 1 aromatic carbocycles. The van der Waals surface area contributed by atoms with E-state index in [-0.39, 0.29) is 6.04 Å². The van der Waals surface area contributed by atoms with Crippen molar-refractivity contribution in [1.29, 1.82) is 0 Å². The number of aromatic nitrogens is 1. The van der Waals surface area contributed by atoms with Gasteiger partial charge in [-0.25, -0.2) is 4.98 Å². The summed E-state index contributed by atoms with van der Waals surface area (Å²) in [5, 5.41) is 2.51. The van der Waals surface area contributed by atoms with Gasteiger partial charge in [0.05, 0.1) is 11.1 Å². The van der Waals surface area contributed by atoms with Crippen LogP contribution < -0.4 is 5.73 Å². The van der Waals surface area contributed by atoms with Gasteiger partial charge in [-0.05, 0) is 24.3 Å². The molecule has 2 aromatic heterocycles. The van der Waals surface area contributed by atoms with Crippen LogP contribution >= 0.6 is 23.4 Å². The molecule has 3 aromatic rings. The van der Waals surface area contributed by atoms with Gasteiger partial charge in [0.15, 0.2) is 0 Å². The number of thioether (sulfide) groups is 1. The van der Waals surface area contributed by atoms with E-state index in [1.165, 1.54) is 11.8 Å². The lowest BCUT2D eigenvalue weighted by molar-refractivity contribution is 0.516. The number of hydrogen-bond donors (Lipinski definition) is 1. The third kappa shape index (κ3) is 2.82. The average Bonchev–Trinajstić information content (AvgIpc) is 2.90. The Labute approximate surface area is 126 Å². The first-order chi connectivity index (χ1) is 9.74. The summed E-state index contributed by atoms with van der Waals surface area (Å²) >= 11 is 7.60. The Hall–Kier alpha value is -1.49. The first-order valence-electron chi connectivity index (χ1n) is 6.21. The number of fused-ring (bicyclic) bond motifs is 1. The number of nitrogens with zero attached hydrogens (tertiary/aromatic N) is 1. The summed E-state index contributed by atoms with van der Waals surface area (Å²) in [5.41, 5.74) is 7.03. The van der Waals surface area contributed by atoms with Crippen LogP contribution in [0.4, 0.5) is 0 Å². The van der Waals surface area contributed by atoms with E-state index in [2.05, 4.69) is 4.98 Å². The molecule has 1 atom stereocenters. The van der Waals surface area contributed by atoms with Gasteiger partial charge in [0.2, 0.25) is 0 Å². The lowest BCUT2D eigenvalue weighted by Crippen LogP contribution is -2.12. The number of para-hydroxylation sites is 1. The number of hydrogen-bond acceptors (Lipinski definition) is 4. The van der Waals surface area contributed by atoms with Crippen molar-refractivity contribution in [2.45, 2.75) is 11.1 Å². The van der Waals surface area contributed by atoms with Crippen LogP contribution in [0.25, 0.3) is 11.0 Å². The van der Waals surface area contributed by atoms with Crippen molar-refractivity contribution >= 4 is 34.3 Å². The predicted octanol–water partition coefficient (Wildman–Crippen LogP) is 4.27. The van der Waals surface area contributed by atoms with E-state index < -0.39 is 0 Å². The second-order valence-electron chi connectivity index (χ2n) is 4.39. The van der Waals surface area contributed by atoms with Gasteiger partial charge < -0.3 is 10.2 Å². The van der Waals surface area contributed by atoms with Crippen molar-refractivity contribution in [3.05, 3.63) is 59.4 Å². The van der Waals surface area contributed by atoms with E-state index >= 15 is 0 Å². The van der Waals surface area contributed by atoms with Gasteiger partial charge >= 0.3 is 0 Å². The fourth-order valence-electron chi connectivity index (χ4n) is 1.91. The quantitative estimate of drug-likeness (QED) is 0.731. The smallest absolute Gasteiger partial charge is 0.134 e. The van der Waals surface area contributed by atoms with Crippen LogP contribution in [0.15, 0.2) is 58.1 Å². The van der Waals surface area contributed by atoms with Crippen molar-refractivity contribution in [2.75, 3.05) is 5.75 Å². The van der Waals surface area contributed by atoms with Gasteiger partial charge in [-0.15, -0.1) is 11.8 Å². The highest BCUT2D eigenvalue weighted by atomic mass is 35.5. The number of rotatable bonds is 4. The molecule has 0 radical (unpaired) electrons. The molecule has 0 bridgehead atoms. The highest BCUT2D eigenvalue weighted by Gasteiger charge is 2.13. The Morgan fingerprint density at radius 3 is 2.90 bits per heavy atom. The molecule has 0 aliphatic carbocycles. The maximum atomic E-state index is 6.17. The Balaban J connectivity index is 1.73. The van der Waals surface area contributed by atoms with Crippen LogP contribution in [-0.2, 0) is 0 Å². The molecule has 0 aliphatic rings. The van der Waals surface area contributed by atoms with E-state index in [9.17, 15) is 0 Å². The highest BCUT2D eigenvalue weighted by molar-refractivity contribution is 7.99. The summed E-state index contributed by atoms with van der Waals surface area (Å²) in [6, 6.07) is 13.3. The van der Waals surface area contributed by atoms with Crippen LogP contribution in [0, 0.1) is 0 Å². The van der Waals surface area contributed by atoms with Gasteiger partial charge in [-0.1, -0.05) is 29.8 Å². The molecule has 102 valence electrons. The normalized spacial score (nSPS) is 12.7. The number of furan rings is 1. The van der Waals surface area contributed by atoms with Crippen molar-refractivity contribution in [3.8, 4) is 0 Å². The van der Waals surface area contributed by atoms with Crippen molar-refractivity contribution in [2.24, 2.45) is 5.73 Å². The molecule has 2 heterocycles. The second-order valence-corrected chi connectivity index (χ2v) is 5.81. The molecule has 0 saturated carbocycles. The lowest BCUT2D eigenvalue weighted by Gasteiger charge is -2.08. The first-order valence-corrected chi connectivity index (χ1v) is 7.58. The molecule has 0 aliphatic heterocycles. The molecule has 0 fully saturated rings. The monoisotopic (exact) mass is 304 g/mol. The fourth-order valence-corrected chi connectivity index (χ4v) is 3.04. The largest absolute Gasteiger partial charge is 0.459 e. The molecule has 0 saturated heterocycles. The second kappa shape index (κ2) is 5.87. The molecule has 0 amide bonds. The Morgan fingerprint density at radius 1 is 1.25 bits per heavy atom. The van der Waals surface area contributed by atoms with Crippen LogP contribution in [0.1, 0.15) is 11.8 Å². The predicted molar refractivity (Wildman–Crippen MR) is 83.1 cm³/mol. The number of benzene rings is 1. The summed E-state index contributed by atoms with van der Waals surface area (Å²) < 4.78 is 5.76. The maximum Gasteiger partial charge on any atom is 0.134 e. The lowest BCUT2D eigenvalue weighted by atomic mass is 10.2. The van der Waals surface area contributed by atoms with E-state index in [0.29, 0.717) is 10.8 Å². The van der Waals surface area contributed by atoms with Crippen LogP contribution in [0.2, 0.25) is 5.02 Å². The minimum absolute atomic E-state index is 0.189. The molecule has 20 heavy (non-hydrogen) atoms. The SMILES string of the molecule is NC(CSc1ncccc1Cl)c1cc2ccccc2o1. The highest BCUT2D eigenvalue weighted by Crippen LogP contribution is 2.29. The van der Waals surface area contributed by atoms with E-state index in [1.807, 2.05) is 42.5 Å². The number of halogens is 1. The van der Waals surface area contributed by atoms with Crippen molar-refractivity contribution in [1.82, 2.24) is 4.98 Å². The zero-order valence-corrected chi connectivity index (χ0v) is 12.2. The number of pyridine rings is 1. The fraction of sp³-hybridized carbons (Fsp3) is 0.133. The van der Waals surface area contributed by atoms with Gasteiger partial charge in [0.1, 0.15) is 16.4 Å². The van der Waals surface area contributed by atoms with Crippen molar-refractivity contribution in [3.63, 3.8) is 0 Å².